The van der Waals surface area contributed by atoms with Crippen molar-refractivity contribution in [1.82, 2.24) is 9.88 Å². The SMILES string of the molecule is COc1ccc(Oc2ccc(-n3c(N)c4c(cc3=O)C(=O)NC4=O)cc2Cl)cc1. The van der Waals surface area contributed by atoms with Crippen LogP contribution in [0.15, 0.2) is 53.3 Å². The van der Waals surface area contributed by atoms with Crippen LogP contribution in [0.4, 0.5) is 5.82 Å². The number of ether oxygens (including phenoxy) is 2. The van der Waals surface area contributed by atoms with Gasteiger partial charge in [0.1, 0.15) is 23.1 Å². The molecule has 0 bridgehead atoms. The molecule has 0 saturated carbocycles. The van der Waals surface area contributed by atoms with Crippen LogP contribution in [-0.2, 0) is 0 Å². The molecule has 8 nitrogen and oxygen atoms in total. The number of hydrogen-bond donors (Lipinski definition) is 2. The maximum atomic E-state index is 12.5. The van der Waals surface area contributed by atoms with Crippen molar-refractivity contribution in [3.63, 3.8) is 0 Å². The minimum Gasteiger partial charge on any atom is -0.497 e. The van der Waals surface area contributed by atoms with Gasteiger partial charge in [0, 0.05) is 6.07 Å². The molecule has 1 aromatic heterocycles. The minimum absolute atomic E-state index is 0.0377. The average molecular weight is 412 g/mol. The van der Waals surface area contributed by atoms with E-state index in [1.54, 1.807) is 43.5 Å². The smallest absolute Gasteiger partial charge is 0.262 e. The first-order valence-electron chi connectivity index (χ1n) is 8.42. The fraction of sp³-hybridized carbons (Fsp3) is 0.0500. The van der Waals surface area contributed by atoms with Crippen LogP contribution >= 0.6 is 11.6 Å². The number of fused-ring (bicyclic) bond motifs is 1. The van der Waals surface area contributed by atoms with Crippen molar-refractivity contribution in [2.24, 2.45) is 0 Å². The Morgan fingerprint density at radius 1 is 0.966 bits per heavy atom. The fourth-order valence-electron chi connectivity index (χ4n) is 3.03. The van der Waals surface area contributed by atoms with Crippen molar-refractivity contribution >= 4 is 29.2 Å². The highest BCUT2D eigenvalue weighted by molar-refractivity contribution is 6.32. The lowest BCUT2D eigenvalue weighted by atomic mass is 10.1. The van der Waals surface area contributed by atoms with Crippen LogP contribution in [0.3, 0.4) is 0 Å². The van der Waals surface area contributed by atoms with Crippen molar-refractivity contribution in [1.29, 1.82) is 0 Å². The maximum absolute atomic E-state index is 12.5. The van der Waals surface area contributed by atoms with Gasteiger partial charge >= 0.3 is 0 Å². The molecule has 0 saturated heterocycles. The Kier molecular flexibility index (Phi) is 4.48. The molecule has 0 spiro atoms. The van der Waals surface area contributed by atoms with E-state index in [0.717, 1.165) is 10.6 Å². The number of hydrogen-bond acceptors (Lipinski definition) is 6. The Balaban J connectivity index is 1.71. The molecule has 3 aromatic rings. The van der Waals surface area contributed by atoms with E-state index < -0.39 is 17.4 Å². The van der Waals surface area contributed by atoms with Gasteiger partial charge in [-0.05, 0) is 42.5 Å². The second-order valence-electron chi connectivity index (χ2n) is 6.17. The highest BCUT2D eigenvalue weighted by Gasteiger charge is 2.31. The molecule has 4 rings (SSSR count). The zero-order valence-electron chi connectivity index (χ0n) is 15.1. The number of pyridine rings is 1. The van der Waals surface area contributed by atoms with E-state index >= 15 is 0 Å². The second kappa shape index (κ2) is 6.99. The first-order valence-corrected chi connectivity index (χ1v) is 8.80. The summed E-state index contributed by atoms with van der Waals surface area (Å²) in [5.74, 6) is 0.152. The van der Waals surface area contributed by atoms with E-state index in [9.17, 15) is 14.4 Å². The number of aromatic nitrogens is 1. The summed E-state index contributed by atoms with van der Waals surface area (Å²) in [6.45, 7) is 0. The zero-order valence-corrected chi connectivity index (χ0v) is 15.8. The summed E-state index contributed by atoms with van der Waals surface area (Å²) < 4.78 is 12.0. The Morgan fingerprint density at radius 2 is 1.66 bits per heavy atom. The quantitative estimate of drug-likeness (QED) is 0.638. The lowest BCUT2D eigenvalue weighted by Crippen LogP contribution is -2.24. The highest BCUT2D eigenvalue weighted by atomic mass is 35.5. The maximum Gasteiger partial charge on any atom is 0.262 e. The summed E-state index contributed by atoms with van der Waals surface area (Å²) in [7, 11) is 1.57. The molecule has 29 heavy (non-hydrogen) atoms. The van der Waals surface area contributed by atoms with Gasteiger partial charge in [-0.25, -0.2) is 0 Å². The van der Waals surface area contributed by atoms with Gasteiger partial charge in [0.05, 0.1) is 28.9 Å². The number of methoxy groups -OCH3 is 1. The van der Waals surface area contributed by atoms with E-state index in [1.165, 1.54) is 6.07 Å². The van der Waals surface area contributed by atoms with Crippen LogP contribution in [0.5, 0.6) is 17.2 Å². The summed E-state index contributed by atoms with van der Waals surface area (Å²) in [6.07, 6.45) is 0. The van der Waals surface area contributed by atoms with Crippen molar-refractivity contribution in [2.75, 3.05) is 12.8 Å². The predicted molar refractivity (Wildman–Crippen MR) is 106 cm³/mol. The molecule has 2 aromatic carbocycles. The van der Waals surface area contributed by atoms with E-state index in [1.807, 2.05) is 0 Å². The lowest BCUT2D eigenvalue weighted by molar-refractivity contribution is 0.0880. The van der Waals surface area contributed by atoms with E-state index in [0.29, 0.717) is 22.9 Å². The molecule has 0 aliphatic carbocycles. The Morgan fingerprint density at radius 3 is 2.31 bits per heavy atom. The number of anilines is 1. The Labute approximate surface area is 169 Å². The summed E-state index contributed by atoms with van der Waals surface area (Å²) >= 11 is 6.32. The first kappa shape index (κ1) is 18.6. The molecule has 0 unspecified atom stereocenters. The van der Waals surface area contributed by atoms with Crippen LogP contribution in [0, 0.1) is 0 Å². The molecule has 0 atom stereocenters. The second-order valence-corrected chi connectivity index (χ2v) is 6.57. The van der Waals surface area contributed by atoms with Gasteiger partial charge in [0.25, 0.3) is 17.4 Å². The van der Waals surface area contributed by atoms with Crippen LogP contribution in [0.1, 0.15) is 20.7 Å². The number of amides is 2. The molecule has 2 heterocycles. The normalized spacial score (nSPS) is 12.5. The lowest BCUT2D eigenvalue weighted by Gasteiger charge is -2.14. The molecule has 0 fully saturated rings. The van der Waals surface area contributed by atoms with Gasteiger partial charge in [-0.3, -0.25) is 24.3 Å². The number of nitrogens with two attached hydrogens (primary N) is 1. The summed E-state index contributed by atoms with van der Waals surface area (Å²) in [5.41, 5.74) is 5.71. The zero-order chi connectivity index (χ0) is 20.7. The number of carbonyl (C=O) groups is 2. The number of carbonyl (C=O) groups excluding carboxylic acids is 2. The van der Waals surface area contributed by atoms with E-state index in [4.69, 9.17) is 26.8 Å². The van der Waals surface area contributed by atoms with Crippen molar-refractivity contribution in [2.45, 2.75) is 0 Å². The van der Waals surface area contributed by atoms with Crippen molar-refractivity contribution < 1.29 is 19.1 Å². The number of imide groups is 1. The molecule has 0 radical (unpaired) electrons. The highest BCUT2D eigenvalue weighted by Crippen LogP contribution is 2.32. The van der Waals surface area contributed by atoms with E-state index in [2.05, 4.69) is 5.32 Å². The van der Waals surface area contributed by atoms with Crippen LogP contribution in [0.25, 0.3) is 5.69 Å². The number of nitrogen functional groups attached to an aromatic ring is 1. The average Bonchev–Trinajstić information content (AvgIpc) is 2.98. The molecular formula is C20H14ClN3O5. The van der Waals surface area contributed by atoms with Crippen LogP contribution < -0.4 is 26.1 Å². The molecule has 2 amide bonds. The first-order chi connectivity index (χ1) is 13.9. The van der Waals surface area contributed by atoms with Crippen LogP contribution in [0.2, 0.25) is 5.02 Å². The van der Waals surface area contributed by atoms with Gasteiger partial charge in [-0.2, -0.15) is 0 Å². The topological polar surface area (TPSA) is 113 Å². The van der Waals surface area contributed by atoms with E-state index in [-0.39, 0.29) is 22.0 Å². The van der Waals surface area contributed by atoms with Gasteiger partial charge in [-0.15, -0.1) is 0 Å². The minimum atomic E-state index is -0.651. The third-order valence-electron chi connectivity index (χ3n) is 4.41. The standard InChI is InChI=1S/C20H14ClN3O5/c1-28-11-3-5-12(6-4-11)29-15-7-2-10(8-14(15)21)24-16(25)9-13-17(18(24)22)20(27)23-19(13)26/h2-9H,22H2,1H3,(H,23,26,27). The largest absolute Gasteiger partial charge is 0.497 e. The number of rotatable bonds is 4. The number of nitrogens with zero attached hydrogens (tertiary/aromatic N) is 1. The predicted octanol–water partition coefficient (Wildman–Crippen LogP) is 2.76. The third-order valence-corrected chi connectivity index (χ3v) is 4.71. The van der Waals surface area contributed by atoms with Gasteiger partial charge in [0.15, 0.2) is 0 Å². The summed E-state index contributed by atoms with van der Waals surface area (Å²) in [6, 6.07) is 12.6. The molecule has 3 N–H and O–H groups in total. The Hall–Kier alpha value is -3.78. The van der Waals surface area contributed by atoms with Gasteiger partial charge in [0.2, 0.25) is 0 Å². The number of benzene rings is 2. The molecule has 9 heteroatoms. The van der Waals surface area contributed by atoms with Crippen molar-refractivity contribution in [3.05, 3.63) is 75.0 Å². The molecule has 1 aliphatic rings. The van der Waals surface area contributed by atoms with Gasteiger partial charge in [-0.1, -0.05) is 11.6 Å². The summed E-state index contributed by atoms with van der Waals surface area (Å²) in [5, 5.41) is 2.35. The van der Waals surface area contributed by atoms with Gasteiger partial charge < -0.3 is 15.2 Å². The third kappa shape index (κ3) is 3.19. The molecule has 1 aliphatic heterocycles. The summed E-state index contributed by atoms with van der Waals surface area (Å²) in [4.78, 5) is 36.2. The molecular weight excluding hydrogens is 398 g/mol. The monoisotopic (exact) mass is 411 g/mol. The number of halogens is 1. The van der Waals surface area contributed by atoms with Crippen molar-refractivity contribution in [3.8, 4) is 22.9 Å². The molecule has 146 valence electrons. The fourth-order valence-corrected chi connectivity index (χ4v) is 3.24. The number of nitrogens with one attached hydrogen (secondary N) is 1. The van der Waals surface area contributed by atoms with Crippen LogP contribution in [-0.4, -0.2) is 23.5 Å². The Bertz CT molecular complexity index is 1220.